The van der Waals surface area contributed by atoms with Crippen LogP contribution in [0.15, 0.2) is 18.2 Å². The SMILES string of the molecule is Cc1c(C=O)cccc1C1CC1. The van der Waals surface area contributed by atoms with E-state index in [0.717, 1.165) is 17.8 Å². The Balaban J connectivity index is 2.47. The lowest BCUT2D eigenvalue weighted by Crippen LogP contribution is -1.91. The van der Waals surface area contributed by atoms with Crippen LogP contribution in [-0.4, -0.2) is 6.29 Å². The van der Waals surface area contributed by atoms with Gasteiger partial charge in [0.2, 0.25) is 0 Å². The summed E-state index contributed by atoms with van der Waals surface area (Å²) in [5.74, 6) is 0.741. The van der Waals surface area contributed by atoms with Crippen LogP contribution < -0.4 is 0 Å². The zero-order valence-corrected chi connectivity index (χ0v) is 7.21. The standard InChI is InChI=1S/C11H12O/c1-8-10(7-12)3-2-4-11(8)9-5-6-9/h2-4,7,9H,5-6H2,1H3. The molecule has 0 unspecified atom stereocenters. The fourth-order valence-corrected chi connectivity index (χ4v) is 1.64. The van der Waals surface area contributed by atoms with Crippen molar-refractivity contribution < 1.29 is 4.79 Å². The van der Waals surface area contributed by atoms with Gasteiger partial charge < -0.3 is 0 Å². The Kier molecular flexibility index (Phi) is 1.72. The fraction of sp³-hybridized carbons (Fsp3) is 0.364. The van der Waals surface area contributed by atoms with Crippen molar-refractivity contribution in [2.75, 3.05) is 0 Å². The summed E-state index contributed by atoms with van der Waals surface area (Å²) in [6.07, 6.45) is 3.54. The van der Waals surface area contributed by atoms with E-state index in [2.05, 4.69) is 6.07 Å². The number of aldehydes is 1. The molecule has 1 aromatic rings. The molecule has 1 aromatic carbocycles. The number of benzene rings is 1. The normalized spacial score (nSPS) is 16.1. The van der Waals surface area contributed by atoms with E-state index in [0.29, 0.717) is 0 Å². The van der Waals surface area contributed by atoms with Gasteiger partial charge in [0.1, 0.15) is 6.29 Å². The predicted octanol–water partition coefficient (Wildman–Crippen LogP) is 2.68. The van der Waals surface area contributed by atoms with Crippen molar-refractivity contribution in [3.05, 3.63) is 34.9 Å². The van der Waals surface area contributed by atoms with Crippen molar-refractivity contribution in [3.8, 4) is 0 Å². The van der Waals surface area contributed by atoms with E-state index in [1.807, 2.05) is 19.1 Å². The molecular weight excluding hydrogens is 148 g/mol. The molecule has 1 heteroatoms. The van der Waals surface area contributed by atoms with Crippen LogP contribution in [-0.2, 0) is 0 Å². The van der Waals surface area contributed by atoms with Crippen LogP contribution in [0.1, 0.15) is 40.2 Å². The molecule has 0 bridgehead atoms. The van der Waals surface area contributed by atoms with Crippen LogP contribution in [0.4, 0.5) is 0 Å². The van der Waals surface area contributed by atoms with Crippen LogP contribution in [0.5, 0.6) is 0 Å². The van der Waals surface area contributed by atoms with Gasteiger partial charge in [0.05, 0.1) is 0 Å². The highest BCUT2D eigenvalue weighted by Crippen LogP contribution is 2.41. The molecule has 0 spiro atoms. The van der Waals surface area contributed by atoms with Gasteiger partial charge in [-0.3, -0.25) is 4.79 Å². The van der Waals surface area contributed by atoms with E-state index in [4.69, 9.17) is 0 Å². The Morgan fingerprint density at radius 2 is 2.17 bits per heavy atom. The molecule has 1 saturated carbocycles. The summed E-state index contributed by atoms with van der Waals surface area (Å²) in [7, 11) is 0. The molecule has 2 rings (SSSR count). The second-order valence-electron chi connectivity index (χ2n) is 3.45. The van der Waals surface area contributed by atoms with Crippen LogP contribution in [0.25, 0.3) is 0 Å². The van der Waals surface area contributed by atoms with E-state index in [1.54, 1.807) is 0 Å². The lowest BCUT2D eigenvalue weighted by atomic mass is 10.00. The number of carbonyl (C=O) groups excluding carboxylic acids is 1. The monoisotopic (exact) mass is 160 g/mol. The summed E-state index contributed by atoms with van der Waals surface area (Å²) in [4.78, 5) is 10.6. The highest BCUT2D eigenvalue weighted by molar-refractivity contribution is 5.77. The van der Waals surface area contributed by atoms with Gasteiger partial charge in [0, 0.05) is 5.56 Å². The van der Waals surface area contributed by atoms with Crippen molar-refractivity contribution in [1.82, 2.24) is 0 Å². The van der Waals surface area contributed by atoms with E-state index in [9.17, 15) is 4.79 Å². The van der Waals surface area contributed by atoms with Gasteiger partial charge in [-0.05, 0) is 36.8 Å². The van der Waals surface area contributed by atoms with Gasteiger partial charge in [-0.25, -0.2) is 0 Å². The number of hydrogen-bond acceptors (Lipinski definition) is 1. The summed E-state index contributed by atoms with van der Waals surface area (Å²) in [5, 5.41) is 0. The lowest BCUT2D eigenvalue weighted by Gasteiger charge is -2.04. The Bertz CT molecular complexity index is 311. The van der Waals surface area contributed by atoms with Crippen molar-refractivity contribution in [3.63, 3.8) is 0 Å². The summed E-state index contributed by atoms with van der Waals surface area (Å²) < 4.78 is 0. The zero-order valence-electron chi connectivity index (χ0n) is 7.21. The first-order valence-electron chi connectivity index (χ1n) is 4.37. The molecule has 0 amide bonds. The van der Waals surface area contributed by atoms with Crippen molar-refractivity contribution >= 4 is 6.29 Å². The van der Waals surface area contributed by atoms with Crippen molar-refractivity contribution in [2.24, 2.45) is 0 Å². The van der Waals surface area contributed by atoms with Gasteiger partial charge in [-0.1, -0.05) is 18.2 Å². The average molecular weight is 160 g/mol. The molecule has 62 valence electrons. The second kappa shape index (κ2) is 2.74. The summed E-state index contributed by atoms with van der Waals surface area (Å²) in [5.41, 5.74) is 3.40. The minimum atomic E-state index is 0.741. The van der Waals surface area contributed by atoms with Gasteiger partial charge >= 0.3 is 0 Å². The molecule has 0 aromatic heterocycles. The quantitative estimate of drug-likeness (QED) is 0.608. The Hall–Kier alpha value is -1.11. The summed E-state index contributed by atoms with van der Waals surface area (Å²) >= 11 is 0. The molecule has 1 aliphatic rings. The minimum Gasteiger partial charge on any atom is -0.298 e. The summed E-state index contributed by atoms with van der Waals surface area (Å²) in [6.45, 7) is 2.04. The average Bonchev–Trinajstić information content (AvgIpc) is 2.88. The Morgan fingerprint density at radius 1 is 1.42 bits per heavy atom. The third-order valence-electron chi connectivity index (χ3n) is 2.56. The first-order valence-corrected chi connectivity index (χ1v) is 4.37. The maximum atomic E-state index is 10.6. The highest BCUT2D eigenvalue weighted by Gasteiger charge is 2.25. The molecular formula is C11H12O. The maximum absolute atomic E-state index is 10.6. The van der Waals surface area contributed by atoms with Crippen LogP contribution in [0.2, 0.25) is 0 Å². The van der Waals surface area contributed by atoms with Crippen LogP contribution >= 0.6 is 0 Å². The smallest absolute Gasteiger partial charge is 0.150 e. The lowest BCUT2D eigenvalue weighted by molar-refractivity contribution is 0.112. The number of carbonyl (C=O) groups is 1. The Morgan fingerprint density at radius 3 is 2.75 bits per heavy atom. The topological polar surface area (TPSA) is 17.1 Å². The second-order valence-corrected chi connectivity index (χ2v) is 3.45. The van der Waals surface area contributed by atoms with Crippen LogP contribution in [0.3, 0.4) is 0 Å². The van der Waals surface area contributed by atoms with Gasteiger partial charge in [0.25, 0.3) is 0 Å². The van der Waals surface area contributed by atoms with E-state index < -0.39 is 0 Å². The molecule has 1 fully saturated rings. The fourth-order valence-electron chi connectivity index (χ4n) is 1.64. The first kappa shape index (κ1) is 7.53. The molecule has 1 nitrogen and oxygen atoms in total. The van der Waals surface area contributed by atoms with Gasteiger partial charge in [-0.2, -0.15) is 0 Å². The number of rotatable bonds is 2. The molecule has 0 saturated heterocycles. The third kappa shape index (κ3) is 1.15. The largest absolute Gasteiger partial charge is 0.298 e. The zero-order chi connectivity index (χ0) is 8.55. The summed E-state index contributed by atoms with van der Waals surface area (Å²) in [6, 6.07) is 6.00. The van der Waals surface area contributed by atoms with Crippen molar-refractivity contribution in [1.29, 1.82) is 0 Å². The molecule has 1 aliphatic carbocycles. The highest BCUT2D eigenvalue weighted by atomic mass is 16.1. The predicted molar refractivity (Wildman–Crippen MR) is 48.5 cm³/mol. The van der Waals surface area contributed by atoms with Crippen molar-refractivity contribution in [2.45, 2.75) is 25.7 Å². The molecule has 0 N–H and O–H groups in total. The molecule has 0 atom stereocenters. The molecule has 0 aliphatic heterocycles. The molecule has 0 radical (unpaired) electrons. The van der Waals surface area contributed by atoms with Gasteiger partial charge in [-0.15, -0.1) is 0 Å². The first-order chi connectivity index (χ1) is 5.83. The molecule has 12 heavy (non-hydrogen) atoms. The molecule has 0 heterocycles. The Labute approximate surface area is 72.4 Å². The third-order valence-corrected chi connectivity index (χ3v) is 2.56. The van der Waals surface area contributed by atoms with Crippen LogP contribution in [0, 0.1) is 6.92 Å². The van der Waals surface area contributed by atoms with E-state index in [1.165, 1.54) is 24.0 Å². The van der Waals surface area contributed by atoms with E-state index in [-0.39, 0.29) is 0 Å². The van der Waals surface area contributed by atoms with E-state index >= 15 is 0 Å². The maximum Gasteiger partial charge on any atom is 0.150 e. The van der Waals surface area contributed by atoms with Gasteiger partial charge in [0.15, 0.2) is 0 Å². The number of hydrogen-bond donors (Lipinski definition) is 0. The minimum absolute atomic E-state index is 0.741.